The summed E-state index contributed by atoms with van der Waals surface area (Å²) in [6, 6.07) is 13.0. The van der Waals surface area contributed by atoms with Gasteiger partial charge in [0.25, 0.3) is 0 Å². The third-order valence-corrected chi connectivity index (χ3v) is 6.06. The second-order valence-electron chi connectivity index (χ2n) is 9.81. The molecule has 3 rings (SSSR count). The second kappa shape index (κ2) is 18.3. The topological polar surface area (TPSA) is 30.7 Å². The number of hydrogen-bond acceptors (Lipinski definition) is 2. The Labute approximate surface area is 225 Å². The van der Waals surface area contributed by atoms with Crippen LogP contribution in [0.1, 0.15) is 102 Å². The number of unbranched alkanes of at least 4 members (excludes halogenated alkanes) is 4. The lowest BCUT2D eigenvalue weighted by molar-refractivity contribution is 0.612. The van der Waals surface area contributed by atoms with Gasteiger partial charge in [-0.2, -0.15) is 5.10 Å². The van der Waals surface area contributed by atoms with Gasteiger partial charge in [0.05, 0.1) is 6.20 Å². The first-order valence-corrected chi connectivity index (χ1v) is 13.7. The molecule has 3 aromatic rings. The number of aryl methyl sites for hydroxylation is 2. The summed E-state index contributed by atoms with van der Waals surface area (Å²) in [6.45, 7) is 18.6. The molecule has 0 amide bonds. The number of benzene rings is 1. The number of hydrogen-bond donors (Lipinski definition) is 0. The molecule has 0 aliphatic heterocycles. The average Bonchev–Trinajstić information content (AvgIpc) is 3.27. The smallest absolute Gasteiger partial charge is 0.126 e. The summed E-state index contributed by atoms with van der Waals surface area (Å²) in [5, 5.41) is 4.40. The van der Waals surface area contributed by atoms with Gasteiger partial charge in [-0.1, -0.05) is 89.8 Å². The molecule has 0 aliphatic carbocycles. The summed E-state index contributed by atoms with van der Waals surface area (Å²) in [6.07, 6.45) is 14.5. The zero-order valence-corrected chi connectivity index (χ0v) is 24.2. The third-order valence-electron chi connectivity index (χ3n) is 6.06. The monoisotopic (exact) mass is 505 g/mol. The molecule has 4 heteroatoms. The van der Waals surface area contributed by atoms with Gasteiger partial charge < -0.3 is 0 Å². The Kier molecular flexibility index (Phi) is 15.8. The Balaban J connectivity index is 0.000000286. The lowest BCUT2D eigenvalue weighted by Crippen LogP contribution is -2.00. The number of allylic oxidation sites excluding steroid dienone is 3. The van der Waals surface area contributed by atoms with E-state index in [9.17, 15) is 4.39 Å². The molecule has 202 valence electrons. The first-order chi connectivity index (χ1) is 17.7. The molecule has 0 saturated heterocycles. The quantitative estimate of drug-likeness (QED) is 0.203. The number of aromatic nitrogens is 3. The lowest BCUT2D eigenvalue weighted by Gasteiger charge is -2.07. The van der Waals surface area contributed by atoms with Gasteiger partial charge in [-0.25, -0.2) is 9.07 Å². The molecular formula is C33H48FN3. The molecular weight excluding hydrogens is 457 g/mol. The maximum absolute atomic E-state index is 12.6. The SMILES string of the molecule is C=C(C)/C=C(/C)n1ncc(C(C)C)c1C.CCCCCCCc1ccccn1.CCc1ccccc1F. The molecule has 0 unspecified atom stereocenters. The van der Waals surface area contributed by atoms with Gasteiger partial charge in [-0.3, -0.25) is 4.98 Å². The maximum atomic E-state index is 12.6. The van der Waals surface area contributed by atoms with Crippen LogP contribution in [0.4, 0.5) is 4.39 Å². The maximum Gasteiger partial charge on any atom is 0.126 e. The van der Waals surface area contributed by atoms with E-state index >= 15 is 0 Å². The zero-order valence-electron chi connectivity index (χ0n) is 24.2. The number of halogens is 1. The van der Waals surface area contributed by atoms with Gasteiger partial charge in [-0.15, -0.1) is 0 Å². The summed E-state index contributed by atoms with van der Waals surface area (Å²) in [7, 11) is 0. The predicted molar refractivity (Wildman–Crippen MR) is 158 cm³/mol. The molecule has 0 N–H and O–H groups in total. The van der Waals surface area contributed by atoms with Crippen LogP contribution in [0.5, 0.6) is 0 Å². The van der Waals surface area contributed by atoms with Crippen LogP contribution in [0, 0.1) is 12.7 Å². The van der Waals surface area contributed by atoms with Crippen molar-refractivity contribution in [1.82, 2.24) is 14.8 Å². The summed E-state index contributed by atoms with van der Waals surface area (Å²) >= 11 is 0. The summed E-state index contributed by atoms with van der Waals surface area (Å²) in [5.41, 5.74) is 6.72. The van der Waals surface area contributed by atoms with E-state index in [1.165, 1.54) is 55.1 Å². The standard InChI is InChI=1S/C13H20N2.C12H19N.C8H9F/c1-9(2)7-11(5)15-12(6)13(8-14-15)10(3)4;1-2-3-4-5-6-9-12-10-7-8-11-13-12;1-2-7-5-3-4-6-8(7)9/h7-8,10H,1H2,2-6H3;7-8,10-11H,2-6,9H2,1H3;3-6H,2H2,1H3/b11-7-;;. The average molecular weight is 506 g/mol. The van der Waals surface area contributed by atoms with Gasteiger partial charge in [-0.05, 0) is 81.4 Å². The van der Waals surface area contributed by atoms with Gasteiger partial charge >= 0.3 is 0 Å². The van der Waals surface area contributed by atoms with Crippen LogP contribution in [-0.2, 0) is 12.8 Å². The molecule has 2 aromatic heterocycles. The van der Waals surface area contributed by atoms with Crippen molar-refractivity contribution >= 4 is 5.70 Å². The number of nitrogens with zero attached hydrogens (tertiary/aromatic N) is 3. The van der Waals surface area contributed by atoms with E-state index in [1.54, 1.807) is 12.1 Å². The van der Waals surface area contributed by atoms with E-state index in [0.717, 1.165) is 29.7 Å². The molecule has 3 nitrogen and oxygen atoms in total. The molecule has 1 aromatic carbocycles. The highest BCUT2D eigenvalue weighted by atomic mass is 19.1. The van der Waals surface area contributed by atoms with Crippen molar-refractivity contribution in [3.05, 3.63) is 101 Å². The van der Waals surface area contributed by atoms with Crippen LogP contribution < -0.4 is 0 Å². The largest absolute Gasteiger partial charge is 0.261 e. The Morgan fingerprint density at radius 1 is 1.00 bits per heavy atom. The fourth-order valence-electron chi connectivity index (χ4n) is 4.00. The minimum absolute atomic E-state index is 0.0972. The van der Waals surface area contributed by atoms with E-state index in [0.29, 0.717) is 5.92 Å². The van der Waals surface area contributed by atoms with Crippen molar-refractivity contribution < 1.29 is 4.39 Å². The normalized spacial score (nSPS) is 10.9. The Morgan fingerprint density at radius 3 is 2.19 bits per heavy atom. The molecule has 2 heterocycles. The fraction of sp³-hybridized carbons (Fsp3) is 0.455. The fourth-order valence-corrected chi connectivity index (χ4v) is 4.00. The third kappa shape index (κ3) is 12.7. The minimum atomic E-state index is -0.0972. The van der Waals surface area contributed by atoms with Gasteiger partial charge in [0.1, 0.15) is 5.82 Å². The van der Waals surface area contributed by atoms with Crippen LogP contribution in [0.15, 0.2) is 73.1 Å². The molecule has 0 bridgehead atoms. The first kappa shape index (κ1) is 32.0. The number of rotatable bonds is 10. The van der Waals surface area contributed by atoms with Crippen molar-refractivity contribution in [3.8, 4) is 0 Å². The van der Waals surface area contributed by atoms with Crippen molar-refractivity contribution in [2.75, 3.05) is 0 Å². The Morgan fingerprint density at radius 2 is 1.68 bits per heavy atom. The summed E-state index contributed by atoms with van der Waals surface area (Å²) in [4.78, 5) is 4.30. The highest BCUT2D eigenvalue weighted by molar-refractivity contribution is 5.48. The molecule has 0 radical (unpaired) electrons. The molecule has 0 aliphatic rings. The van der Waals surface area contributed by atoms with E-state index in [2.05, 4.69) is 63.4 Å². The molecule has 0 fully saturated rings. The summed E-state index contributed by atoms with van der Waals surface area (Å²) in [5.74, 6) is 0.427. The molecule has 0 spiro atoms. The van der Waals surface area contributed by atoms with Crippen LogP contribution in [-0.4, -0.2) is 14.8 Å². The first-order valence-electron chi connectivity index (χ1n) is 13.7. The van der Waals surface area contributed by atoms with E-state index in [-0.39, 0.29) is 5.82 Å². The zero-order chi connectivity index (χ0) is 27.6. The predicted octanol–water partition coefficient (Wildman–Crippen LogP) is 9.73. The van der Waals surface area contributed by atoms with Crippen molar-refractivity contribution in [3.63, 3.8) is 0 Å². The van der Waals surface area contributed by atoms with Crippen molar-refractivity contribution in [2.45, 2.75) is 99.3 Å². The van der Waals surface area contributed by atoms with E-state index in [4.69, 9.17) is 0 Å². The van der Waals surface area contributed by atoms with Gasteiger partial charge in [0, 0.05) is 23.3 Å². The van der Waals surface area contributed by atoms with Crippen LogP contribution >= 0.6 is 0 Å². The van der Waals surface area contributed by atoms with Crippen LogP contribution in [0.3, 0.4) is 0 Å². The van der Waals surface area contributed by atoms with Crippen molar-refractivity contribution in [2.24, 2.45) is 0 Å². The highest BCUT2D eigenvalue weighted by Crippen LogP contribution is 2.20. The number of pyridine rings is 1. The van der Waals surface area contributed by atoms with Gasteiger partial charge in [0.2, 0.25) is 0 Å². The molecule has 37 heavy (non-hydrogen) atoms. The van der Waals surface area contributed by atoms with Crippen LogP contribution in [0.2, 0.25) is 0 Å². The van der Waals surface area contributed by atoms with Crippen molar-refractivity contribution in [1.29, 1.82) is 0 Å². The Hall–Kier alpha value is -3.01. The second-order valence-corrected chi connectivity index (χ2v) is 9.81. The molecule has 0 atom stereocenters. The lowest BCUT2D eigenvalue weighted by atomic mass is 10.1. The Bertz CT molecular complexity index is 1060. The molecule has 0 saturated carbocycles. The van der Waals surface area contributed by atoms with E-state index < -0.39 is 0 Å². The van der Waals surface area contributed by atoms with E-state index in [1.807, 2.05) is 49.1 Å². The van der Waals surface area contributed by atoms with Crippen LogP contribution in [0.25, 0.3) is 5.70 Å². The minimum Gasteiger partial charge on any atom is -0.261 e. The highest BCUT2D eigenvalue weighted by Gasteiger charge is 2.10. The summed E-state index contributed by atoms with van der Waals surface area (Å²) < 4.78 is 14.6. The van der Waals surface area contributed by atoms with Gasteiger partial charge in [0.15, 0.2) is 0 Å².